The lowest BCUT2D eigenvalue weighted by molar-refractivity contribution is -0.394. The Morgan fingerprint density at radius 3 is 2.00 bits per heavy atom. The first-order valence-corrected chi connectivity index (χ1v) is 7.84. The first kappa shape index (κ1) is 20.2. The maximum atomic E-state index is 12.1. The molecule has 0 radical (unpaired) electrons. The fourth-order valence-electron chi connectivity index (χ4n) is 1.94. The lowest BCUT2D eigenvalue weighted by atomic mass is 10.1. The molecule has 0 aromatic heterocycles. The topological polar surface area (TPSA) is 169 Å². The number of carbonyl (C=O) groups is 2. The van der Waals surface area contributed by atoms with Crippen LogP contribution in [0.4, 0.5) is 21.9 Å². The molecule has 4 N–H and O–H groups in total. The van der Waals surface area contributed by atoms with Gasteiger partial charge in [0.1, 0.15) is 0 Å². The van der Waals surface area contributed by atoms with Crippen LogP contribution in [0, 0.1) is 20.2 Å². The number of hydrogen-bond acceptors (Lipinski definition) is 7. The highest BCUT2D eigenvalue weighted by molar-refractivity contribution is 7.80. The van der Waals surface area contributed by atoms with E-state index in [0.717, 1.165) is 18.2 Å². The van der Waals surface area contributed by atoms with Crippen molar-refractivity contribution in [2.24, 2.45) is 0 Å². The Hall–Kier alpha value is -4.13. The molecular formula is C15H12N6O6S. The van der Waals surface area contributed by atoms with E-state index in [0.29, 0.717) is 5.69 Å². The molecule has 2 rings (SSSR count). The molecular weight excluding hydrogens is 392 g/mol. The maximum absolute atomic E-state index is 12.1. The molecule has 3 amide bonds. The average molecular weight is 404 g/mol. The van der Waals surface area contributed by atoms with E-state index in [2.05, 4.69) is 21.5 Å². The van der Waals surface area contributed by atoms with Gasteiger partial charge in [0.05, 0.1) is 21.5 Å². The van der Waals surface area contributed by atoms with E-state index in [1.807, 2.05) is 0 Å². The molecule has 0 heterocycles. The van der Waals surface area contributed by atoms with Gasteiger partial charge < -0.3 is 5.32 Å². The Kier molecular flexibility index (Phi) is 6.49. The van der Waals surface area contributed by atoms with E-state index in [4.69, 9.17) is 12.2 Å². The van der Waals surface area contributed by atoms with Crippen molar-refractivity contribution in [2.75, 3.05) is 5.32 Å². The van der Waals surface area contributed by atoms with Crippen molar-refractivity contribution in [1.82, 2.24) is 16.2 Å². The second-order valence-corrected chi connectivity index (χ2v) is 5.51. The van der Waals surface area contributed by atoms with Crippen LogP contribution in [0.15, 0.2) is 48.5 Å². The average Bonchev–Trinajstić information content (AvgIpc) is 2.66. The van der Waals surface area contributed by atoms with Crippen LogP contribution < -0.4 is 21.5 Å². The van der Waals surface area contributed by atoms with Crippen molar-refractivity contribution in [1.29, 1.82) is 0 Å². The number of benzene rings is 2. The number of nitrogens with one attached hydrogen (secondary N) is 4. The summed E-state index contributed by atoms with van der Waals surface area (Å²) in [6, 6.07) is 10.3. The molecule has 0 bridgehead atoms. The lowest BCUT2D eigenvalue weighted by Crippen LogP contribution is -2.49. The number of anilines is 1. The number of nitro groups is 2. The van der Waals surface area contributed by atoms with Crippen LogP contribution in [0.1, 0.15) is 10.4 Å². The zero-order valence-corrected chi connectivity index (χ0v) is 14.7. The molecule has 28 heavy (non-hydrogen) atoms. The summed E-state index contributed by atoms with van der Waals surface area (Å²) in [7, 11) is 0. The first-order valence-electron chi connectivity index (χ1n) is 7.43. The van der Waals surface area contributed by atoms with Crippen molar-refractivity contribution < 1.29 is 19.4 Å². The number of thiocarbonyl (C=S) groups is 1. The SMILES string of the molecule is O=C(NNC(=S)NC(=O)c1cc([N+](=O)[O-])cc([N+](=O)[O-])c1)Nc1ccccc1. The van der Waals surface area contributed by atoms with Gasteiger partial charge >= 0.3 is 6.03 Å². The van der Waals surface area contributed by atoms with E-state index in [1.54, 1.807) is 30.3 Å². The van der Waals surface area contributed by atoms with Crippen LogP contribution in [-0.4, -0.2) is 26.9 Å². The van der Waals surface area contributed by atoms with E-state index >= 15 is 0 Å². The summed E-state index contributed by atoms with van der Waals surface area (Å²) in [6.45, 7) is 0. The van der Waals surface area contributed by atoms with Crippen LogP contribution in [0.25, 0.3) is 0 Å². The highest BCUT2D eigenvalue weighted by Crippen LogP contribution is 2.22. The molecule has 0 aliphatic heterocycles. The third-order valence-electron chi connectivity index (χ3n) is 3.13. The molecule has 0 unspecified atom stereocenters. The van der Waals surface area contributed by atoms with Gasteiger partial charge in [0.15, 0.2) is 5.11 Å². The van der Waals surface area contributed by atoms with Gasteiger partial charge in [-0.05, 0) is 24.4 Å². The number of nitrogens with zero attached hydrogens (tertiary/aromatic N) is 2. The minimum absolute atomic E-state index is 0.331. The fraction of sp³-hybridized carbons (Fsp3) is 0. The molecule has 0 aliphatic rings. The fourth-order valence-corrected chi connectivity index (χ4v) is 2.08. The van der Waals surface area contributed by atoms with Crippen LogP contribution in [-0.2, 0) is 0 Å². The number of hydrazine groups is 1. The maximum Gasteiger partial charge on any atom is 0.337 e. The number of para-hydroxylation sites is 1. The number of non-ortho nitro benzene ring substituents is 2. The Balaban J connectivity index is 1.96. The lowest BCUT2D eigenvalue weighted by Gasteiger charge is -2.11. The van der Waals surface area contributed by atoms with Crippen LogP contribution in [0.2, 0.25) is 0 Å². The van der Waals surface area contributed by atoms with Gasteiger partial charge in [-0.15, -0.1) is 0 Å². The zero-order valence-electron chi connectivity index (χ0n) is 13.9. The predicted octanol–water partition coefficient (Wildman–Crippen LogP) is 1.84. The van der Waals surface area contributed by atoms with Crippen molar-refractivity contribution in [3.63, 3.8) is 0 Å². The molecule has 2 aromatic rings. The van der Waals surface area contributed by atoms with Crippen LogP contribution >= 0.6 is 12.2 Å². The standard InChI is InChI=1S/C15H12N6O6S/c22-13(9-6-11(20(24)25)8-12(7-9)21(26)27)17-15(28)19-18-14(23)16-10-4-2-1-3-5-10/h1-8H,(H2,16,18,23)(H2,17,19,22,28). The molecule has 0 saturated heterocycles. The summed E-state index contributed by atoms with van der Waals surface area (Å²) in [4.78, 5) is 43.8. The van der Waals surface area contributed by atoms with Crippen molar-refractivity contribution in [3.05, 3.63) is 74.3 Å². The number of hydrogen-bond donors (Lipinski definition) is 4. The predicted molar refractivity (Wildman–Crippen MR) is 102 cm³/mol. The van der Waals surface area contributed by atoms with Gasteiger partial charge in [-0.3, -0.25) is 35.8 Å². The second-order valence-electron chi connectivity index (χ2n) is 5.11. The number of urea groups is 1. The number of carbonyl (C=O) groups excluding carboxylic acids is 2. The monoisotopic (exact) mass is 404 g/mol. The molecule has 0 aliphatic carbocycles. The molecule has 12 nitrogen and oxygen atoms in total. The molecule has 0 atom stereocenters. The highest BCUT2D eigenvalue weighted by Gasteiger charge is 2.20. The molecule has 13 heteroatoms. The summed E-state index contributed by atoms with van der Waals surface area (Å²) in [6.07, 6.45) is 0. The first-order chi connectivity index (χ1) is 13.3. The molecule has 0 spiro atoms. The number of nitro benzene ring substituents is 2. The molecule has 0 saturated carbocycles. The third-order valence-corrected chi connectivity index (χ3v) is 3.34. The minimum atomic E-state index is -0.936. The van der Waals surface area contributed by atoms with Crippen molar-refractivity contribution >= 4 is 46.3 Å². The molecule has 0 fully saturated rings. The summed E-state index contributed by atoms with van der Waals surface area (Å²) >= 11 is 4.83. The smallest absolute Gasteiger partial charge is 0.307 e. The number of rotatable bonds is 4. The summed E-state index contributed by atoms with van der Waals surface area (Å²) < 4.78 is 0. The van der Waals surface area contributed by atoms with Crippen molar-refractivity contribution in [3.8, 4) is 0 Å². The van der Waals surface area contributed by atoms with Crippen molar-refractivity contribution in [2.45, 2.75) is 0 Å². The minimum Gasteiger partial charge on any atom is -0.307 e. The molecule has 144 valence electrons. The summed E-state index contributed by atoms with van der Waals surface area (Å²) in [5.41, 5.74) is 3.34. The molecule has 2 aromatic carbocycles. The summed E-state index contributed by atoms with van der Waals surface area (Å²) in [5, 5.41) is 26.0. The van der Waals surface area contributed by atoms with E-state index in [1.165, 1.54) is 0 Å². The second kappa shape index (κ2) is 9.00. The van der Waals surface area contributed by atoms with Gasteiger partial charge in [0, 0.05) is 17.8 Å². The van der Waals surface area contributed by atoms with Gasteiger partial charge in [-0.25, -0.2) is 10.2 Å². The number of amides is 3. The van der Waals surface area contributed by atoms with E-state index < -0.39 is 33.2 Å². The van der Waals surface area contributed by atoms with Gasteiger partial charge in [0.2, 0.25) is 0 Å². The Bertz CT molecular complexity index is 919. The quantitative estimate of drug-likeness (QED) is 0.340. The van der Waals surface area contributed by atoms with Gasteiger partial charge in [-0.1, -0.05) is 18.2 Å². The zero-order chi connectivity index (χ0) is 20.7. The Labute approximate surface area is 162 Å². The van der Waals surface area contributed by atoms with Crippen LogP contribution in [0.5, 0.6) is 0 Å². The van der Waals surface area contributed by atoms with E-state index in [-0.39, 0.29) is 10.7 Å². The van der Waals surface area contributed by atoms with E-state index in [9.17, 15) is 29.8 Å². The highest BCUT2D eigenvalue weighted by atomic mass is 32.1. The Morgan fingerprint density at radius 2 is 1.46 bits per heavy atom. The third kappa shape index (κ3) is 5.70. The Morgan fingerprint density at radius 1 is 0.893 bits per heavy atom. The van der Waals surface area contributed by atoms with Gasteiger partial charge in [-0.2, -0.15) is 0 Å². The van der Waals surface area contributed by atoms with Gasteiger partial charge in [0.25, 0.3) is 17.3 Å². The normalized spacial score (nSPS) is 9.71. The van der Waals surface area contributed by atoms with Crippen LogP contribution in [0.3, 0.4) is 0 Å². The summed E-state index contributed by atoms with van der Waals surface area (Å²) in [5.74, 6) is -0.936. The largest absolute Gasteiger partial charge is 0.337 e.